The van der Waals surface area contributed by atoms with Gasteiger partial charge in [0.25, 0.3) is 0 Å². The molecule has 2 aromatic carbocycles. The molecule has 28 heavy (non-hydrogen) atoms. The molecule has 4 rings (SSSR count). The van der Waals surface area contributed by atoms with Crippen molar-refractivity contribution < 1.29 is 9.26 Å². The molecule has 0 unspecified atom stereocenters. The van der Waals surface area contributed by atoms with Gasteiger partial charge < -0.3 is 14.2 Å². The van der Waals surface area contributed by atoms with Crippen LogP contribution in [-0.4, -0.2) is 54.6 Å². The van der Waals surface area contributed by atoms with Crippen molar-refractivity contribution in [1.29, 1.82) is 0 Å². The molecule has 1 fully saturated rings. The predicted octanol–water partition coefficient (Wildman–Crippen LogP) is 3.79. The Morgan fingerprint density at radius 3 is 2.57 bits per heavy atom. The molecular formula is C21H24N4O2S. The van der Waals surface area contributed by atoms with Gasteiger partial charge in [-0.25, -0.2) is 0 Å². The van der Waals surface area contributed by atoms with Crippen molar-refractivity contribution in [2.75, 3.05) is 44.4 Å². The standard InChI is InChI=1S/C21H24N4O2S/c1-26-18-5-3-4-17(14-18)25-12-10-24(11-13-25)15-20-22-21(23-27-20)16-6-8-19(28-2)9-7-16/h3-9,14H,10-13,15H2,1-2H3. The number of anilines is 1. The van der Waals surface area contributed by atoms with E-state index in [9.17, 15) is 0 Å². The first-order valence-electron chi connectivity index (χ1n) is 9.33. The monoisotopic (exact) mass is 396 g/mol. The van der Waals surface area contributed by atoms with Crippen LogP contribution in [0.5, 0.6) is 5.75 Å². The lowest BCUT2D eigenvalue weighted by Gasteiger charge is -2.35. The summed E-state index contributed by atoms with van der Waals surface area (Å²) in [5.74, 6) is 2.21. The number of ether oxygens (including phenoxy) is 1. The van der Waals surface area contributed by atoms with Gasteiger partial charge in [0.15, 0.2) is 0 Å². The van der Waals surface area contributed by atoms with Crippen LogP contribution in [-0.2, 0) is 6.54 Å². The Kier molecular flexibility index (Phi) is 5.83. The summed E-state index contributed by atoms with van der Waals surface area (Å²) in [5, 5.41) is 4.15. The van der Waals surface area contributed by atoms with Crippen LogP contribution in [0, 0.1) is 0 Å². The fraction of sp³-hybridized carbons (Fsp3) is 0.333. The van der Waals surface area contributed by atoms with E-state index in [0.29, 0.717) is 18.3 Å². The highest BCUT2D eigenvalue weighted by Gasteiger charge is 2.20. The van der Waals surface area contributed by atoms with E-state index < -0.39 is 0 Å². The minimum Gasteiger partial charge on any atom is -0.497 e. The summed E-state index contributed by atoms with van der Waals surface area (Å²) >= 11 is 1.72. The fourth-order valence-electron chi connectivity index (χ4n) is 3.34. The molecule has 0 saturated carbocycles. The van der Waals surface area contributed by atoms with Crippen LogP contribution in [0.2, 0.25) is 0 Å². The van der Waals surface area contributed by atoms with E-state index in [1.807, 2.05) is 24.3 Å². The highest BCUT2D eigenvalue weighted by Crippen LogP contribution is 2.23. The van der Waals surface area contributed by atoms with Gasteiger partial charge in [-0.05, 0) is 42.7 Å². The molecule has 1 aliphatic heterocycles. The number of benzene rings is 2. The third kappa shape index (κ3) is 4.31. The number of nitrogens with zero attached hydrogens (tertiary/aromatic N) is 4. The first kappa shape index (κ1) is 18.8. The van der Waals surface area contributed by atoms with Crippen molar-refractivity contribution in [1.82, 2.24) is 15.0 Å². The maximum Gasteiger partial charge on any atom is 0.241 e. The molecule has 7 heteroatoms. The third-order valence-corrected chi connectivity index (χ3v) is 5.71. The zero-order chi connectivity index (χ0) is 19.3. The lowest BCUT2D eigenvalue weighted by Crippen LogP contribution is -2.46. The average molecular weight is 397 g/mol. The number of rotatable bonds is 6. The maximum absolute atomic E-state index is 5.48. The average Bonchev–Trinajstić information content (AvgIpc) is 3.23. The van der Waals surface area contributed by atoms with Crippen LogP contribution in [0.15, 0.2) is 57.9 Å². The van der Waals surface area contributed by atoms with Gasteiger partial charge in [0.2, 0.25) is 11.7 Å². The second kappa shape index (κ2) is 8.67. The maximum atomic E-state index is 5.48. The molecule has 2 heterocycles. The van der Waals surface area contributed by atoms with Gasteiger partial charge >= 0.3 is 0 Å². The van der Waals surface area contributed by atoms with E-state index >= 15 is 0 Å². The number of thioether (sulfide) groups is 1. The molecule has 0 atom stereocenters. The summed E-state index contributed by atoms with van der Waals surface area (Å²) in [5.41, 5.74) is 2.18. The van der Waals surface area contributed by atoms with E-state index in [0.717, 1.165) is 37.5 Å². The lowest BCUT2D eigenvalue weighted by molar-refractivity contribution is 0.215. The normalized spacial score (nSPS) is 15.0. The first-order valence-corrected chi connectivity index (χ1v) is 10.6. The fourth-order valence-corrected chi connectivity index (χ4v) is 3.75. The molecule has 0 bridgehead atoms. The van der Waals surface area contributed by atoms with E-state index in [2.05, 4.69) is 50.5 Å². The molecule has 146 valence electrons. The lowest BCUT2D eigenvalue weighted by atomic mass is 10.2. The number of piperazine rings is 1. The summed E-state index contributed by atoms with van der Waals surface area (Å²) < 4.78 is 10.8. The molecule has 1 aliphatic rings. The number of hydrogen-bond acceptors (Lipinski definition) is 7. The summed E-state index contributed by atoms with van der Waals surface area (Å²) in [6.07, 6.45) is 2.06. The quantitative estimate of drug-likeness (QED) is 0.588. The topological polar surface area (TPSA) is 54.6 Å². The molecule has 6 nitrogen and oxygen atoms in total. The summed E-state index contributed by atoms with van der Waals surface area (Å²) in [6.45, 7) is 4.52. The third-order valence-electron chi connectivity index (χ3n) is 4.97. The van der Waals surface area contributed by atoms with Crippen LogP contribution in [0.1, 0.15) is 5.89 Å². The number of hydrogen-bond donors (Lipinski definition) is 0. The number of aromatic nitrogens is 2. The van der Waals surface area contributed by atoms with Crippen LogP contribution >= 0.6 is 11.8 Å². The van der Waals surface area contributed by atoms with Crippen molar-refractivity contribution in [2.24, 2.45) is 0 Å². The highest BCUT2D eigenvalue weighted by atomic mass is 32.2. The van der Waals surface area contributed by atoms with Gasteiger partial charge in [-0.2, -0.15) is 4.98 Å². The zero-order valence-corrected chi connectivity index (χ0v) is 17.0. The smallest absolute Gasteiger partial charge is 0.241 e. The Labute approximate surface area is 169 Å². The van der Waals surface area contributed by atoms with Crippen LogP contribution in [0.25, 0.3) is 11.4 Å². The Morgan fingerprint density at radius 1 is 1.07 bits per heavy atom. The van der Waals surface area contributed by atoms with Crippen molar-refractivity contribution in [2.45, 2.75) is 11.4 Å². The zero-order valence-electron chi connectivity index (χ0n) is 16.2. The minimum atomic E-state index is 0.651. The minimum absolute atomic E-state index is 0.651. The Balaban J connectivity index is 1.34. The second-order valence-electron chi connectivity index (χ2n) is 6.70. The molecule has 3 aromatic rings. The molecule has 1 saturated heterocycles. The summed E-state index contributed by atoms with van der Waals surface area (Å²) in [4.78, 5) is 10.5. The Morgan fingerprint density at radius 2 is 1.86 bits per heavy atom. The van der Waals surface area contributed by atoms with Gasteiger partial charge in [0, 0.05) is 48.4 Å². The van der Waals surface area contributed by atoms with E-state index in [4.69, 9.17) is 9.26 Å². The molecule has 1 aromatic heterocycles. The van der Waals surface area contributed by atoms with Gasteiger partial charge in [-0.3, -0.25) is 4.90 Å². The van der Waals surface area contributed by atoms with Crippen LogP contribution < -0.4 is 9.64 Å². The molecule has 0 aliphatic carbocycles. The Bertz CT molecular complexity index is 905. The van der Waals surface area contributed by atoms with E-state index in [-0.39, 0.29) is 0 Å². The molecule has 0 spiro atoms. The van der Waals surface area contributed by atoms with E-state index in [1.54, 1.807) is 18.9 Å². The highest BCUT2D eigenvalue weighted by molar-refractivity contribution is 7.98. The van der Waals surface area contributed by atoms with Crippen LogP contribution in [0.3, 0.4) is 0 Å². The van der Waals surface area contributed by atoms with Crippen molar-refractivity contribution in [3.05, 3.63) is 54.4 Å². The van der Waals surface area contributed by atoms with Crippen LogP contribution in [0.4, 0.5) is 5.69 Å². The molecular weight excluding hydrogens is 372 g/mol. The molecule has 0 N–H and O–H groups in total. The molecule has 0 radical (unpaired) electrons. The first-order chi connectivity index (χ1) is 13.7. The van der Waals surface area contributed by atoms with E-state index in [1.165, 1.54) is 10.6 Å². The summed E-state index contributed by atoms with van der Waals surface area (Å²) in [6, 6.07) is 16.4. The summed E-state index contributed by atoms with van der Waals surface area (Å²) in [7, 11) is 1.70. The SMILES string of the molecule is COc1cccc(N2CCN(Cc3nc(-c4ccc(SC)cc4)no3)CC2)c1. The second-order valence-corrected chi connectivity index (χ2v) is 7.58. The predicted molar refractivity (Wildman–Crippen MR) is 112 cm³/mol. The number of methoxy groups -OCH3 is 1. The van der Waals surface area contributed by atoms with Gasteiger partial charge in [-0.1, -0.05) is 11.2 Å². The van der Waals surface area contributed by atoms with Gasteiger partial charge in [0.1, 0.15) is 5.75 Å². The van der Waals surface area contributed by atoms with Gasteiger partial charge in [0.05, 0.1) is 13.7 Å². The largest absolute Gasteiger partial charge is 0.497 e. The molecule has 0 amide bonds. The van der Waals surface area contributed by atoms with Crippen molar-refractivity contribution >= 4 is 17.4 Å². The van der Waals surface area contributed by atoms with Crippen molar-refractivity contribution in [3.8, 4) is 17.1 Å². The van der Waals surface area contributed by atoms with Gasteiger partial charge in [-0.15, -0.1) is 11.8 Å². The Hall–Kier alpha value is -2.51. The van der Waals surface area contributed by atoms with Crippen molar-refractivity contribution in [3.63, 3.8) is 0 Å².